The smallest absolute Gasteiger partial charge is 0.115 e. The second kappa shape index (κ2) is 4.29. The van der Waals surface area contributed by atoms with Crippen LogP contribution in [0.5, 0.6) is 5.75 Å². The number of allylic oxidation sites excluding steroid dienone is 2. The van der Waals surface area contributed by atoms with Crippen LogP contribution in [-0.4, -0.2) is 15.8 Å². The Bertz CT molecular complexity index is 490. The van der Waals surface area contributed by atoms with E-state index in [1.165, 1.54) is 5.57 Å². The van der Waals surface area contributed by atoms with Crippen molar-refractivity contribution < 1.29 is 10.2 Å². The SMILES string of the molecule is CC1(O)C=CC(C(C)(C)c2ccc(O)cc2)=CC1. The summed E-state index contributed by atoms with van der Waals surface area (Å²) < 4.78 is 0. The van der Waals surface area contributed by atoms with E-state index in [0.717, 1.165) is 5.56 Å². The lowest BCUT2D eigenvalue weighted by Crippen LogP contribution is -2.26. The number of rotatable bonds is 2. The maximum Gasteiger partial charge on any atom is 0.115 e. The maximum absolute atomic E-state index is 9.90. The Balaban J connectivity index is 2.30. The number of hydrogen-bond donors (Lipinski definition) is 2. The zero-order valence-electron chi connectivity index (χ0n) is 11.1. The molecule has 2 rings (SSSR count). The van der Waals surface area contributed by atoms with E-state index in [4.69, 9.17) is 0 Å². The van der Waals surface area contributed by atoms with Crippen LogP contribution in [0.3, 0.4) is 0 Å². The molecule has 0 saturated carbocycles. The minimum absolute atomic E-state index is 0.124. The molecule has 0 spiro atoms. The molecule has 0 aromatic heterocycles. The van der Waals surface area contributed by atoms with Gasteiger partial charge in [0, 0.05) is 5.41 Å². The Morgan fingerprint density at radius 3 is 2.28 bits per heavy atom. The van der Waals surface area contributed by atoms with E-state index in [-0.39, 0.29) is 11.2 Å². The Morgan fingerprint density at radius 2 is 1.78 bits per heavy atom. The molecule has 0 bridgehead atoms. The first-order chi connectivity index (χ1) is 8.31. The van der Waals surface area contributed by atoms with Crippen molar-refractivity contribution in [1.82, 2.24) is 0 Å². The highest BCUT2D eigenvalue weighted by Gasteiger charge is 2.28. The molecular weight excluding hydrogens is 224 g/mol. The average molecular weight is 244 g/mol. The summed E-state index contributed by atoms with van der Waals surface area (Å²) in [6.07, 6.45) is 6.58. The van der Waals surface area contributed by atoms with Gasteiger partial charge in [-0.3, -0.25) is 0 Å². The normalized spacial score (nSPS) is 23.9. The molecule has 0 fully saturated rings. The van der Waals surface area contributed by atoms with Crippen molar-refractivity contribution >= 4 is 0 Å². The van der Waals surface area contributed by atoms with Crippen molar-refractivity contribution in [3.8, 4) is 5.75 Å². The first kappa shape index (κ1) is 12.9. The molecule has 1 aromatic carbocycles. The van der Waals surface area contributed by atoms with E-state index in [2.05, 4.69) is 19.9 Å². The van der Waals surface area contributed by atoms with Gasteiger partial charge in [-0.25, -0.2) is 0 Å². The summed E-state index contributed by atoms with van der Waals surface area (Å²) >= 11 is 0. The first-order valence-corrected chi connectivity index (χ1v) is 6.23. The third-order valence-electron chi connectivity index (χ3n) is 3.67. The summed E-state index contributed by atoms with van der Waals surface area (Å²) in [6.45, 7) is 6.11. The van der Waals surface area contributed by atoms with E-state index in [0.29, 0.717) is 6.42 Å². The Hall–Kier alpha value is -1.54. The molecule has 1 atom stereocenters. The van der Waals surface area contributed by atoms with Crippen LogP contribution in [0, 0.1) is 0 Å². The fraction of sp³-hybridized carbons (Fsp3) is 0.375. The lowest BCUT2D eigenvalue weighted by Gasteiger charge is -2.31. The molecule has 1 aliphatic rings. The van der Waals surface area contributed by atoms with Crippen LogP contribution in [0.2, 0.25) is 0 Å². The molecule has 1 unspecified atom stereocenters. The van der Waals surface area contributed by atoms with Gasteiger partial charge in [0.15, 0.2) is 0 Å². The van der Waals surface area contributed by atoms with Crippen LogP contribution in [0.4, 0.5) is 0 Å². The van der Waals surface area contributed by atoms with Gasteiger partial charge in [0.05, 0.1) is 5.60 Å². The van der Waals surface area contributed by atoms with Gasteiger partial charge in [-0.05, 0) is 36.6 Å². The van der Waals surface area contributed by atoms with E-state index in [9.17, 15) is 10.2 Å². The van der Waals surface area contributed by atoms with Crippen LogP contribution in [0.25, 0.3) is 0 Å². The minimum Gasteiger partial charge on any atom is -0.508 e. The number of benzene rings is 1. The standard InChI is InChI=1S/C16H20O2/c1-15(2,12-4-6-14(17)7-5-12)13-8-10-16(3,18)11-9-13/h4-10,17-18H,11H2,1-3H3. The molecule has 96 valence electrons. The third kappa shape index (κ3) is 2.49. The largest absolute Gasteiger partial charge is 0.508 e. The Kier molecular flexibility index (Phi) is 3.07. The molecule has 18 heavy (non-hydrogen) atoms. The highest BCUT2D eigenvalue weighted by molar-refractivity contribution is 5.43. The molecule has 1 aliphatic carbocycles. The summed E-state index contributed by atoms with van der Waals surface area (Å²) in [5.74, 6) is 0.283. The van der Waals surface area contributed by atoms with E-state index in [1.807, 2.05) is 31.2 Å². The van der Waals surface area contributed by atoms with E-state index in [1.54, 1.807) is 12.1 Å². The third-order valence-corrected chi connectivity index (χ3v) is 3.67. The summed E-state index contributed by atoms with van der Waals surface area (Å²) in [5.41, 5.74) is 1.49. The Morgan fingerprint density at radius 1 is 1.17 bits per heavy atom. The van der Waals surface area contributed by atoms with Crippen molar-refractivity contribution in [3.05, 3.63) is 53.6 Å². The van der Waals surface area contributed by atoms with Crippen LogP contribution >= 0.6 is 0 Å². The van der Waals surface area contributed by atoms with Crippen molar-refractivity contribution in [3.63, 3.8) is 0 Å². The van der Waals surface area contributed by atoms with Gasteiger partial charge in [-0.1, -0.05) is 44.2 Å². The first-order valence-electron chi connectivity index (χ1n) is 6.23. The number of phenolic OH excluding ortho intramolecular Hbond substituents is 1. The van der Waals surface area contributed by atoms with Crippen molar-refractivity contribution in [2.45, 2.75) is 38.2 Å². The fourth-order valence-electron chi connectivity index (χ4n) is 2.23. The highest BCUT2D eigenvalue weighted by atomic mass is 16.3. The van der Waals surface area contributed by atoms with Crippen molar-refractivity contribution in [2.75, 3.05) is 0 Å². The van der Waals surface area contributed by atoms with Crippen LogP contribution in [-0.2, 0) is 5.41 Å². The zero-order chi connectivity index (χ0) is 13.4. The molecule has 0 amide bonds. The molecular formula is C16H20O2. The predicted molar refractivity (Wildman–Crippen MR) is 73.6 cm³/mol. The van der Waals surface area contributed by atoms with Gasteiger partial charge in [0.1, 0.15) is 5.75 Å². The van der Waals surface area contributed by atoms with Crippen molar-refractivity contribution in [1.29, 1.82) is 0 Å². The summed E-state index contributed by atoms with van der Waals surface area (Å²) in [5, 5.41) is 19.2. The summed E-state index contributed by atoms with van der Waals surface area (Å²) in [6, 6.07) is 7.30. The Labute approximate surface area is 108 Å². The molecule has 1 aromatic rings. The summed E-state index contributed by atoms with van der Waals surface area (Å²) in [4.78, 5) is 0. The van der Waals surface area contributed by atoms with Gasteiger partial charge < -0.3 is 10.2 Å². The number of hydrogen-bond acceptors (Lipinski definition) is 2. The molecule has 2 heteroatoms. The monoisotopic (exact) mass is 244 g/mol. The molecule has 0 radical (unpaired) electrons. The van der Waals surface area contributed by atoms with E-state index >= 15 is 0 Å². The lowest BCUT2D eigenvalue weighted by molar-refractivity contribution is 0.113. The van der Waals surface area contributed by atoms with Gasteiger partial charge in [-0.15, -0.1) is 0 Å². The molecule has 2 nitrogen and oxygen atoms in total. The van der Waals surface area contributed by atoms with Gasteiger partial charge in [0.25, 0.3) is 0 Å². The topological polar surface area (TPSA) is 40.5 Å². The van der Waals surface area contributed by atoms with Gasteiger partial charge >= 0.3 is 0 Å². The van der Waals surface area contributed by atoms with Crippen LogP contribution in [0.15, 0.2) is 48.1 Å². The highest BCUT2D eigenvalue weighted by Crippen LogP contribution is 2.36. The second-order valence-corrected chi connectivity index (χ2v) is 5.73. The number of aliphatic hydroxyl groups is 1. The average Bonchev–Trinajstić information content (AvgIpc) is 2.29. The number of phenols is 1. The molecule has 0 saturated heterocycles. The number of aromatic hydroxyl groups is 1. The fourth-order valence-corrected chi connectivity index (χ4v) is 2.23. The second-order valence-electron chi connectivity index (χ2n) is 5.73. The van der Waals surface area contributed by atoms with Crippen molar-refractivity contribution in [2.24, 2.45) is 0 Å². The molecule has 0 heterocycles. The molecule has 2 N–H and O–H groups in total. The lowest BCUT2D eigenvalue weighted by atomic mass is 9.74. The summed E-state index contributed by atoms with van der Waals surface area (Å²) in [7, 11) is 0. The van der Waals surface area contributed by atoms with Gasteiger partial charge in [-0.2, -0.15) is 0 Å². The molecule has 0 aliphatic heterocycles. The van der Waals surface area contributed by atoms with Crippen LogP contribution in [0.1, 0.15) is 32.8 Å². The quantitative estimate of drug-likeness (QED) is 0.838. The van der Waals surface area contributed by atoms with E-state index < -0.39 is 5.60 Å². The van der Waals surface area contributed by atoms with Gasteiger partial charge in [0.2, 0.25) is 0 Å². The minimum atomic E-state index is -0.728. The maximum atomic E-state index is 9.90. The predicted octanol–water partition coefficient (Wildman–Crippen LogP) is 3.31. The van der Waals surface area contributed by atoms with Crippen LogP contribution < -0.4 is 0 Å². The zero-order valence-corrected chi connectivity index (χ0v) is 11.1.